The van der Waals surface area contributed by atoms with E-state index >= 15 is 0 Å². The predicted molar refractivity (Wildman–Crippen MR) is 617 cm³/mol. The Morgan fingerprint density at radius 1 is 0.0986 bits per heavy atom. The Hall–Kier alpha value is -16.1. The number of hydrogen-bond donors (Lipinski definition) is 0. The van der Waals surface area contributed by atoms with E-state index in [0.29, 0.717) is 35.5 Å². The molecule has 21 rings (SSSR count). The van der Waals surface area contributed by atoms with Gasteiger partial charge in [-0.2, -0.15) is 0 Å². The molecule has 0 nitrogen and oxygen atoms in total. The first-order valence-corrected chi connectivity index (χ1v) is 50.5. The minimum absolute atomic E-state index is 0.568. The molecule has 0 saturated carbocycles. The lowest BCUT2D eigenvalue weighted by molar-refractivity contribution is 0.867. The van der Waals surface area contributed by atoms with Crippen molar-refractivity contribution in [2.24, 2.45) is 0 Å². The van der Waals surface area contributed by atoms with Gasteiger partial charge in [0, 0.05) is 0 Å². The van der Waals surface area contributed by atoms with Gasteiger partial charge in [-0.05, 0) is 248 Å². The van der Waals surface area contributed by atoms with Crippen molar-refractivity contribution >= 4 is 10.8 Å². The Balaban J connectivity index is 0.000000123. The van der Waals surface area contributed by atoms with Crippen molar-refractivity contribution in [3.05, 3.63) is 567 Å². The molecule has 698 valence electrons. The van der Waals surface area contributed by atoms with Crippen molar-refractivity contribution in [2.45, 2.75) is 119 Å². The molecule has 142 heavy (non-hydrogen) atoms. The van der Waals surface area contributed by atoms with Crippen molar-refractivity contribution in [2.75, 3.05) is 0 Å². The van der Waals surface area contributed by atoms with Crippen LogP contribution in [-0.4, -0.2) is 0 Å². The number of rotatable bonds is 20. The summed E-state index contributed by atoms with van der Waals surface area (Å²) < 4.78 is 0. The molecule has 0 amide bonds. The highest BCUT2D eigenvalue weighted by Crippen LogP contribution is 2.39. The molecule has 21 aromatic rings. The third-order valence-electron chi connectivity index (χ3n) is 26.8. The second-order valence-corrected chi connectivity index (χ2v) is 38.6. The lowest BCUT2D eigenvalue weighted by Crippen LogP contribution is -1.88. The topological polar surface area (TPSA) is 0 Å². The van der Waals surface area contributed by atoms with E-state index in [1.165, 1.54) is 200 Å². The summed E-state index contributed by atoms with van der Waals surface area (Å²) in [5, 5.41) is 2.59. The van der Waals surface area contributed by atoms with Crippen LogP contribution in [0.2, 0.25) is 0 Å². The Kier molecular flexibility index (Phi) is 34.1. The zero-order valence-corrected chi connectivity index (χ0v) is 84.3. The molecular formula is C142H130. The molecule has 0 aliphatic carbocycles. The maximum Gasteiger partial charge on any atom is -0.0105 e. The van der Waals surface area contributed by atoms with E-state index in [9.17, 15) is 0 Å². The number of hydrogen-bond acceptors (Lipinski definition) is 0. The van der Waals surface area contributed by atoms with Gasteiger partial charge in [0.1, 0.15) is 0 Å². The van der Waals surface area contributed by atoms with Crippen LogP contribution in [0.5, 0.6) is 0 Å². The van der Waals surface area contributed by atoms with Gasteiger partial charge in [-0.1, -0.05) is 605 Å². The smallest absolute Gasteiger partial charge is 0.0105 e. The number of benzene rings is 21. The van der Waals surface area contributed by atoms with Crippen LogP contribution in [0, 0.1) is 0 Å². The second-order valence-electron chi connectivity index (χ2n) is 38.6. The van der Waals surface area contributed by atoms with Crippen LogP contribution in [-0.2, 0) is 0 Å². The molecule has 0 aromatic heterocycles. The number of fused-ring (bicyclic) bond motifs is 1. The normalized spacial score (nSPS) is 10.9. The third-order valence-corrected chi connectivity index (χ3v) is 26.8. The summed E-state index contributed by atoms with van der Waals surface area (Å²) in [6.45, 7) is 26.7. The summed E-state index contributed by atoms with van der Waals surface area (Å²) in [4.78, 5) is 0. The third kappa shape index (κ3) is 26.5. The Labute approximate surface area is 846 Å². The van der Waals surface area contributed by atoms with Crippen LogP contribution < -0.4 is 0 Å². The van der Waals surface area contributed by atoms with Gasteiger partial charge in [0.05, 0.1) is 0 Å². The van der Waals surface area contributed by atoms with Crippen molar-refractivity contribution in [3.63, 3.8) is 0 Å². The van der Waals surface area contributed by atoms with Crippen molar-refractivity contribution in [1.82, 2.24) is 0 Å². The fourth-order valence-electron chi connectivity index (χ4n) is 18.0. The van der Waals surface area contributed by atoms with Gasteiger partial charge in [0.2, 0.25) is 0 Å². The van der Waals surface area contributed by atoms with Crippen LogP contribution in [0.15, 0.2) is 534 Å². The monoisotopic (exact) mass is 1840 g/mol. The van der Waals surface area contributed by atoms with E-state index in [2.05, 4.69) is 611 Å². The molecule has 0 heterocycles. The van der Waals surface area contributed by atoms with Gasteiger partial charge in [-0.3, -0.25) is 0 Å². The van der Waals surface area contributed by atoms with E-state index in [4.69, 9.17) is 0 Å². The van der Waals surface area contributed by atoms with Crippen LogP contribution in [0.25, 0.3) is 167 Å². The fraction of sp³-hybridized carbons (Fsp3) is 0.127. The van der Waals surface area contributed by atoms with Gasteiger partial charge in [0.25, 0.3) is 0 Å². The van der Waals surface area contributed by atoms with Gasteiger partial charge in [-0.15, -0.1) is 0 Å². The summed E-state index contributed by atoms with van der Waals surface area (Å²) in [6, 6.07) is 192. The van der Waals surface area contributed by atoms with E-state index in [0.717, 1.165) is 0 Å². The average Bonchev–Trinajstić information content (AvgIpc) is 0.800. The van der Waals surface area contributed by atoms with Crippen molar-refractivity contribution < 1.29 is 0 Å². The summed E-state index contributed by atoms with van der Waals surface area (Å²) in [7, 11) is 0. The van der Waals surface area contributed by atoms with Crippen LogP contribution >= 0.6 is 0 Å². The maximum absolute atomic E-state index is 2.27. The minimum Gasteiger partial charge on any atom is -0.0622 e. The van der Waals surface area contributed by atoms with Crippen molar-refractivity contribution in [1.29, 1.82) is 0 Å². The summed E-state index contributed by atoms with van der Waals surface area (Å²) in [5.41, 5.74) is 43.7. The molecule has 0 aliphatic heterocycles. The average molecular weight is 1840 g/mol. The summed E-state index contributed by atoms with van der Waals surface area (Å²) in [5.74, 6) is 3.44. The quantitative estimate of drug-likeness (QED) is 0.0713. The Morgan fingerprint density at radius 2 is 0.232 bits per heavy atom. The highest BCUT2D eigenvalue weighted by molar-refractivity contribution is 5.97. The summed E-state index contributed by atoms with van der Waals surface area (Å²) in [6.07, 6.45) is 0. The first kappa shape index (κ1) is 98.9. The Bertz CT molecular complexity index is 7420. The van der Waals surface area contributed by atoms with E-state index in [-0.39, 0.29) is 0 Å². The van der Waals surface area contributed by atoms with Gasteiger partial charge in [-0.25, -0.2) is 0 Å². The first-order valence-electron chi connectivity index (χ1n) is 50.5. The van der Waals surface area contributed by atoms with E-state index in [1.807, 2.05) is 6.07 Å². The first-order chi connectivity index (χ1) is 69.4. The molecule has 0 radical (unpaired) electrons. The van der Waals surface area contributed by atoms with Gasteiger partial charge >= 0.3 is 0 Å². The van der Waals surface area contributed by atoms with Gasteiger partial charge < -0.3 is 0 Å². The van der Waals surface area contributed by atoms with Crippen LogP contribution in [0.3, 0.4) is 0 Å². The molecule has 0 N–H and O–H groups in total. The van der Waals surface area contributed by atoms with Crippen molar-refractivity contribution in [3.8, 4) is 156 Å². The molecule has 0 spiro atoms. The highest BCUT2D eigenvalue weighted by Gasteiger charge is 2.14. The molecule has 0 atom stereocenters. The molecule has 0 bridgehead atoms. The largest absolute Gasteiger partial charge is 0.0622 e. The lowest BCUT2D eigenvalue weighted by atomic mass is 9.93. The second kappa shape index (κ2) is 48.9. The molecule has 21 aromatic carbocycles. The predicted octanol–water partition coefficient (Wildman–Crippen LogP) is 41.4. The van der Waals surface area contributed by atoms with E-state index in [1.54, 1.807) is 0 Å². The standard InChI is InChI=1S/2C27H24.C25H22.3C21H20/c1-20(2)21-11-13-23(14-12-21)24-15-17-25(18-16-24)27-10-6-9-26(19-27)22-7-4-3-5-8-22;1-20(2)21-8-10-24(11-9-21)25-16-18-27(19-17-25)26-14-12-23(13-15-26)22-6-4-3-5-7-22;1-18(2)19-10-12-20(13-11-19)21-14-16-23(17-15-21)25-9-5-7-22-6-3-4-8-24(22)25;1-16(2)17-12-14-19(15-13-17)21-11-7-6-10-20(21)18-8-4-3-5-9-18;1-16(2)17-11-13-19(14-12-17)21-10-6-9-20(15-21)18-7-4-3-5-8-18;1-16(2)17-8-10-20(11-9-17)21-14-12-19(13-15-21)18-6-4-3-5-7-18/h2*3-20H,1-2H3;3-18H,1-2H3;3*3-16H,1-2H3. The van der Waals surface area contributed by atoms with Crippen LogP contribution in [0.1, 0.15) is 152 Å². The highest BCUT2D eigenvalue weighted by atomic mass is 14.2. The molecule has 0 saturated heterocycles. The zero-order chi connectivity index (χ0) is 98.5. The van der Waals surface area contributed by atoms with Gasteiger partial charge in [0.15, 0.2) is 0 Å². The summed E-state index contributed by atoms with van der Waals surface area (Å²) >= 11 is 0. The SMILES string of the molecule is CC(C)c1ccc(-c2ccc(-c3ccc(-c4ccccc4)cc3)cc2)cc1.CC(C)c1ccc(-c2ccc(-c3cccc(-c4ccccc4)c3)cc2)cc1.CC(C)c1ccc(-c2ccc(-c3cccc4ccccc34)cc2)cc1.CC(C)c1ccc(-c2ccc(-c3ccccc3)cc2)cc1.CC(C)c1ccc(-c2cccc(-c3ccccc3)c2)cc1.CC(C)c1ccc(-c2ccccc2-c2ccccc2)cc1. The maximum atomic E-state index is 2.27. The molecule has 0 fully saturated rings. The fourth-order valence-corrected chi connectivity index (χ4v) is 18.0. The molecular weight excluding hydrogens is 1710 g/mol. The molecule has 0 aliphatic rings. The van der Waals surface area contributed by atoms with Crippen LogP contribution in [0.4, 0.5) is 0 Å². The van der Waals surface area contributed by atoms with E-state index < -0.39 is 0 Å². The molecule has 0 heteroatoms. The zero-order valence-electron chi connectivity index (χ0n) is 84.3. The minimum atomic E-state index is 0.568. The molecule has 0 unspecified atom stereocenters. The Morgan fingerprint density at radius 3 is 0.472 bits per heavy atom. The lowest BCUT2D eigenvalue weighted by Gasteiger charge is -2.11.